The van der Waals surface area contributed by atoms with Crippen molar-refractivity contribution in [3.63, 3.8) is 0 Å². The van der Waals surface area contributed by atoms with Crippen LogP contribution in [0.5, 0.6) is 0 Å². The van der Waals surface area contributed by atoms with Crippen molar-refractivity contribution >= 4 is 11.9 Å². The van der Waals surface area contributed by atoms with E-state index in [2.05, 4.69) is 0 Å². The quantitative estimate of drug-likeness (QED) is 0.829. The molecule has 2 atom stereocenters. The summed E-state index contributed by atoms with van der Waals surface area (Å²) in [5.74, 6) is -1.04. The van der Waals surface area contributed by atoms with Gasteiger partial charge in [-0.2, -0.15) is 0 Å². The van der Waals surface area contributed by atoms with E-state index in [4.69, 9.17) is 4.74 Å². The lowest BCUT2D eigenvalue weighted by Gasteiger charge is -2.38. The molecular formula is C13H23NO4. The molecule has 5 heteroatoms. The number of hydrogen-bond acceptors (Lipinski definition) is 3. The van der Waals surface area contributed by atoms with Crippen LogP contribution in [-0.4, -0.2) is 47.2 Å². The minimum Gasteiger partial charge on any atom is -0.480 e. The molecule has 0 radical (unpaired) electrons. The molecule has 1 heterocycles. The van der Waals surface area contributed by atoms with E-state index < -0.39 is 17.6 Å². The third kappa shape index (κ3) is 3.45. The molecule has 0 aromatic heterocycles. The summed E-state index contributed by atoms with van der Waals surface area (Å²) >= 11 is 0. The van der Waals surface area contributed by atoms with Gasteiger partial charge >= 0.3 is 5.97 Å². The Morgan fingerprint density at radius 2 is 2.06 bits per heavy atom. The number of ether oxygens (including phenoxy) is 1. The molecule has 0 spiro atoms. The summed E-state index contributed by atoms with van der Waals surface area (Å²) in [5.41, 5.74) is -0.555. The normalized spacial score (nSPS) is 25.0. The van der Waals surface area contributed by atoms with E-state index >= 15 is 0 Å². The molecule has 18 heavy (non-hydrogen) atoms. The molecule has 104 valence electrons. The van der Waals surface area contributed by atoms with Crippen molar-refractivity contribution in [2.45, 2.75) is 51.7 Å². The zero-order valence-corrected chi connectivity index (χ0v) is 11.6. The lowest BCUT2D eigenvalue weighted by molar-refractivity contribution is -0.156. The molecule has 0 aromatic rings. The molecule has 5 nitrogen and oxygen atoms in total. The number of carbonyl (C=O) groups excluding carboxylic acids is 1. The number of carbonyl (C=O) groups is 2. The van der Waals surface area contributed by atoms with Crippen LogP contribution >= 0.6 is 0 Å². The fourth-order valence-electron chi connectivity index (χ4n) is 2.38. The number of nitrogens with zero attached hydrogens (tertiary/aromatic N) is 1. The Kier molecular flexibility index (Phi) is 4.73. The van der Waals surface area contributed by atoms with E-state index in [0.717, 1.165) is 12.8 Å². The monoisotopic (exact) mass is 257 g/mol. The van der Waals surface area contributed by atoms with Crippen LogP contribution in [0, 0.1) is 5.92 Å². The second-order valence-electron chi connectivity index (χ2n) is 5.63. The fraction of sp³-hybridized carbons (Fsp3) is 0.846. The van der Waals surface area contributed by atoms with Crippen LogP contribution in [0.25, 0.3) is 0 Å². The van der Waals surface area contributed by atoms with Crippen molar-refractivity contribution in [2.75, 3.05) is 13.7 Å². The molecule has 1 N–H and O–H groups in total. The lowest BCUT2D eigenvalue weighted by Crippen LogP contribution is -2.53. The van der Waals surface area contributed by atoms with Gasteiger partial charge in [-0.15, -0.1) is 0 Å². The van der Waals surface area contributed by atoms with Gasteiger partial charge < -0.3 is 14.7 Å². The zero-order chi connectivity index (χ0) is 13.9. The van der Waals surface area contributed by atoms with Gasteiger partial charge in [0, 0.05) is 13.7 Å². The van der Waals surface area contributed by atoms with E-state index in [9.17, 15) is 14.7 Å². The van der Waals surface area contributed by atoms with E-state index in [1.54, 1.807) is 7.11 Å². The summed E-state index contributed by atoms with van der Waals surface area (Å²) in [5, 5.41) is 9.26. The van der Waals surface area contributed by atoms with Crippen LogP contribution in [0.2, 0.25) is 0 Å². The first-order valence-electron chi connectivity index (χ1n) is 6.36. The number of likely N-dealkylation sites (tertiary alicyclic amines) is 1. The van der Waals surface area contributed by atoms with Gasteiger partial charge in [-0.3, -0.25) is 4.79 Å². The van der Waals surface area contributed by atoms with Crippen LogP contribution in [0.4, 0.5) is 0 Å². The van der Waals surface area contributed by atoms with Crippen molar-refractivity contribution in [1.29, 1.82) is 0 Å². The van der Waals surface area contributed by atoms with Gasteiger partial charge in [0.1, 0.15) is 6.04 Å². The summed E-state index contributed by atoms with van der Waals surface area (Å²) in [6.07, 6.45) is 1.93. The van der Waals surface area contributed by atoms with Crippen LogP contribution in [0.1, 0.15) is 40.0 Å². The second-order valence-corrected chi connectivity index (χ2v) is 5.63. The highest BCUT2D eigenvalue weighted by atomic mass is 16.5. The highest BCUT2D eigenvalue weighted by Crippen LogP contribution is 2.26. The Hall–Kier alpha value is -1.10. The summed E-state index contributed by atoms with van der Waals surface area (Å²) < 4.78 is 5.23. The molecule has 1 fully saturated rings. The molecule has 0 bridgehead atoms. The maximum atomic E-state index is 12.2. The van der Waals surface area contributed by atoms with Gasteiger partial charge in [0.15, 0.2) is 0 Å². The summed E-state index contributed by atoms with van der Waals surface area (Å²) in [6.45, 7) is 6.07. The molecular weight excluding hydrogens is 234 g/mol. The van der Waals surface area contributed by atoms with Crippen LogP contribution < -0.4 is 0 Å². The number of aliphatic carboxylic acids is 1. The standard InChI is InChI=1S/C13H23NO4/c1-9-6-5-7-14(11(9)12(16)17)10(15)8-13(2,3)18-4/h9,11H,5-8H2,1-4H3,(H,16,17). The van der Waals surface area contributed by atoms with Gasteiger partial charge in [-0.25, -0.2) is 4.79 Å². The highest BCUT2D eigenvalue weighted by molar-refractivity contribution is 5.84. The molecule has 0 aromatic carbocycles. The Morgan fingerprint density at radius 1 is 1.44 bits per heavy atom. The average molecular weight is 257 g/mol. The minimum absolute atomic E-state index is 0.00542. The van der Waals surface area contributed by atoms with Crippen molar-refractivity contribution in [3.05, 3.63) is 0 Å². The summed E-state index contributed by atoms with van der Waals surface area (Å²) in [6, 6.07) is -0.695. The van der Waals surface area contributed by atoms with Gasteiger partial charge in [0.25, 0.3) is 0 Å². The second kappa shape index (κ2) is 5.69. The Balaban J connectivity index is 2.79. The first kappa shape index (κ1) is 15.0. The molecule has 0 aliphatic carbocycles. The molecule has 0 saturated carbocycles. The molecule has 1 saturated heterocycles. The first-order valence-corrected chi connectivity index (χ1v) is 6.36. The van der Waals surface area contributed by atoms with E-state index in [-0.39, 0.29) is 18.2 Å². The Bertz CT molecular complexity index is 327. The topological polar surface area (TPSA) is 66.8 Å². The fourth-order valence-corrected chi connectivity index (χ4v) is 2.38. The number of methoxy groups -OCH3 is 1. The molecule has 2 unspecified atom stereocenters. The van der Waals surface area contributed by atoms with E-state index in [1.807, 2.05) is 20.8 Å². The Labute approximate surface area is 108 Å². The van der Waals surface area contributed by atoms with Crippen LogP contribution in [0.3, 0.4) is 0 Å². The highest BCUT2D eigenvalue weighted by Gasteiger charge is 2.38. The maximum Gasteiger partial charge on any atom is 0.326 e. The molecule has 1 rings (SSSR count). The van der Waals surface area contributed by atoms with Gasteiger partial charge in [0.2, 0.25) is 5.91 Å². The largest absolute Gasteiger partial charge is 0.480 e. The lowest BCUT2D eigenvalue weighted by atomic mass is 9.90. The van der Waals surface area contributed by atoms with E-state index in [0.29, 0.717) is 6.54 Å². The summed E-state index contributed by atoms with van der Waals surface area (Å²) in [4.78, 5) is 25.0. The molecule has 1 aliphatic rings. The van der Waals surface area contributed by atoms with Crippen molar-refractivity contribution < 1.29 is 19.4 Å². The first-order chi connectivity index (χ1) is 8.28. The van der Waals surface area contributed by atoms with Crippen molar-refractivity contribution in [3.8, 4) is 0 Å². The predicted octanol–water partition coefficient (Wildman–Crippen LogP) is 1.51. The smallest absolute Gasteiger partial charge is 0.326 e. The van der Waals surface area contributed by atoms with Crippen LogP contribution in [0.15, 0.2) is 0 Å². The Morgan fingerprint density at radius 3 is 2.56 bits per heavy atom. The molecule has 1 aliphatic heterocycles. The zero-order valence-electron chi connectivity index (χ0n) is 11.6. The predicted molar refractivity (Wildman–Crippen MR) is 67.2 cm³/mol. The number of hydrogen-bond donors (Lipinski definition) is 1. The third-order valence-corrected chi connectivity index (χ3v) is 3.64. The SMILES string of the molecule is COC(C)(C)CC(=O)N1CCCC(C)C1C(=O)O. The van der Waals surface area contributed by atoms with Gasteiger partial charge in [0.05, 0.1) is 12.0 Å². The van der Waals surface area contributed by atoms with E-state index in [1.165, 1.54) is 4.90 Å². The van der Waals surface area contributed by atoms with Gasteiger partial charge in [-0.1, -0.05) is 6.92 Å². The van der Waals surface area contributed by atoms with Crippen LogP contribution in [-0.2, 0) is 14.3 Å². The van der Waals surface area contributed by atoms with Crippen molar-refractivity contribution in [1.82, 2.24) is 4.90 Å². The number of carboxylic acids is 1. The minimum atomic E-state index is -0.911. The number of amides is 1. The average Bonchev–Trinajstić information content (AvgIpc) is 2.27. The summed E-state index contributed by atoms with van der Waals surface area (Å²) in [7, 11) is 1.56. The van der Waals surface area contributed by atoms with Gasteiger partial charge in [-0.05, 0) is 32.6 Å². The van der Waals surface area contributed by atoms with Crippen molar-refractivity contribution in [2.24, 2.45) is 5.92 Å². The third-order valence-electron chi connectivity index (χ3n) is 3.64. The number of rotatable bonds is 4. The molecule has 1 amide bonds. The maximum absolute atomic E-state index is 12.2. The number of piperidine rings is 1. The number of carboxylic acid groups (broad SMARTS) is 1.